The number of ketones is 1. The Balaban J connectivity index is 1.72. The first kappa shape index (κ1) is 26.0. The van der Waals surface area contributed by atoms with Crippen LogP contribution in [0.2, 0.25) is 0 Å². The molecule has 0 amide bonds. The lowest BCUT2D eigenvalue weighted by molar-refractivity contribution is -0.132. The second-order valence-electron chi connectivity index (χ2n) is 9.26. The Kier molecular flexibility index (Phi) is 8.34. The molecule has 2 aromatic rings. The maximum atomic E-state index is 12.9. The first-order chi connectivity index (χ1) is 16.7. The fourth-order valence-electron chi connectivity index (χ4n) is 4.45. The molecule has 0 heterocycles. The number of rotatable bonds is 10. The topological polar surface area (TPSA) is 72.8 Å². The lowest BCUT2D eigenvalue weighted by atomic mass is 9.66. The molecule has 35 heavy (non-hydrogen) atoms. The minimum Gasteiger partial charge on any atom is -0.497 e. The quantitative estimate of drug-likeness (QED) is 0.318. The molecule has 184 valence electrons. The van der Waals surface area contributed by atoms with Gasteiger partial charge in [-0.1, -0.05) is 55.8 Å². The molecule has 0 spiro atoms. The predicted octanol–water partition coefficient (Wildman–Crippen LogP) is 6.41. The van der Waals surface area contributed by atoms with Crippen LogP contribution in [0.3, 0.4) is 0 Å². The van der Waals surface area contributed by atoms with Crippen LogP contribution >= 0.6 is 0 Å². The van der Waals surface area contributed by atoms with Crippen molar-refractivity contribution in [2.75, 3.05) is 13.2 Å². The first-order valence-electron chi connectivity index (χ1n) is 11.9. The summed E-state index contributed by atoms with van der Waals surface area (Å²) in [5.74, 6) is -0.0264. The van der Waals surface area contributed by atoms with E-state index >= 15 is 0 Å². The zero-order valence-electron chi connectivity index (χ0n) is 21.1. The molecular weight excluding hydrogens is 440 g/mol. The number of carboxylic acids is 1. The van der Waals surface area contributed by atoms with E-state index in [1.54, 1.807) is 37.3 Å². The fraction of sp³-hybridized carbons (Fsp3) is 0.333. The third-order valence-electron chi connectivity index (χ3n) is 6.74. The Labute approximate surface area is 207 Å². The Morgan fingerprint density at radius 2 is 1.66 bits per heavy atom. The fourth-order valence-corrected chi connectivity index (χ4v) is 4.45. The second kappa shape index (κ2) is 11.2. The minimum atomic E-state index is -0.963. The molecule has 0 saturated heterocycles. The Bertz CT molecular complexity index is 1150. The number of allylic oxidation sites excluding steroid dienone is 3. The normalized spacial score (nSPS) is 17.6. The zero-order chi connectivity index (χ0) is 25.6. The lowest BCUT2D eigenvalue weighted by Gasteiger charge is -2.40. The Morgan fingerprint density at radius 1 is 1.00 bits per heavy atom. The summed E-state index contributed by atoms with van der Waals surface area (Å²) < 4.78 is 11.7. The molecule has 3 rings (SSSR count). The van der Waals surface area contributed by atoms with Crippen molar-refractivity contribution in [1.82, 2.24) is 0 Å². The van der Waals surface area contributed by atoms with E-state index in [9.17, 15) is 14.7 Å². The van der Waals surface area contributed by atoms with Gasteiger partial charge in [-0.3, -0.25) is 4.79 Å². The van der Waals surface area contributed by atoms with Gasteiger partial charge in [0, 0.05) is 23.5 Å². The molecule has 0 aromatic heterocycles. The summed E-state index contributed by atoms with van der Waals surface area (Å²) in [7, 11) is 0. The summed E-state index contributed by atoms with van der Waals surface area (Å²) >= 11 is 0. The highest BCUT2D eigenvalue weighted by Crippen LogP contribution is 2.48. The van der Waals surface area contributed by atoms with E-state index in [0.717, 1.165) is 12.0 Å². The maximum Gasteiger partial charge on any atom is 0.336 e. The molecule has 1 aliphatic carbocycles. The molecule has 2 aromatic carbocycles. The van der Waals surface area contributed by atoms with Gasteiger partial charge >= 0.3 is 5.97 Å². The largest absolute Gasteiger partial charge is 0.497 e. The highest BCUT2D eigenvalue weighted by molar-refractivity contribution is 6.04. The predicted molar refractivity (Wildman–Crippen MR) is 137 cm³/mol. The maximum absolute atomic E-state index is 12.9. The molecule has 1 unspecified atom stereocenters. The minimum absolute atomic E-state index is 0.129. The van der Waals surface area contributed by atoms with Gasteiger partial charge in [0.25, 0.3) is 0 Å². The first-order valence-corrected chi connectivity index (χ1v) is 11.9. The number of carboxylic acid groups (broad SMARTS) is 1. The van der Waals surface area contributed by atoms with Gasteiger partial charge in [0.1, 0.15) is 11.5 Å². The Morgan fingerprint density at radius 3 is 2.26 bits per heavy atom. The third-order valence-corrected chi connectivity index (χ3v) is 6.74. The number of carbonyl (C=O) groups is 2. The molecule has 1 aliphatic rings. The molecule has 1 N–H and O–H groups in total. The van der Waals surface area contributed by atoms with Crippen LogP contribution < -0.4 is 4.74 Å². The average Bonchev–Trinajstić information content (AvgIpc) is 2.83. The molecule has 0 fully saturated rings. The van der Waals surface area contributed by atoms with Gasteiger partial charge in [-0.2, -0.15) is 0 Å². The molecule has 1 atom stereocenters. The molecule has 0 radical (unpaired) electrons. The highest BCUT2D eigenvalue weighted by Gasteiger charge is 2.41. The highest BCUT2D eigenvalue weighted by atomic mass is 16.5. The number of aliphatic carboxylic acids is 1. The summed E-state index contributed by atoms with van der Waals surface area (Å²) in [5, 5.41) is 9.75. The van der Waals surface area contributed by atoms with Gasteiger partial charge in [-0.05, 0) is 62.1 Å². The second-order valence-corrected chi connectivity index (χ2v) is 9.26. The van der Waals surface area contributed by atoms with Gasteiger partial charge in [0.2, 0.25) is 0 Å². The molecule has 0 saturated carbocycles. The molecule has 0 aliphatic heterocycles. The number of hydrogen-bond acceptors (Lipinski definition) is 4. The van der Waals surface area contributed by atoms with Gasteiger partial charge < -0.3 is 14.6 Å². The van der Waals surface area contributed by atoms with Crippen LogP contribution in [-0.2, 0) is 16.0 Å². The molecule has 5 nitrogen and oxygen atoms in total. The van der Waals surface area contributed by atoms with E-state index in [-0.39, 0.29) is 17.3 Å². The van der Waals surface area contributed by atoms with Crippen LogP contribution in [0.5, 0.6) is 5.75 Å². The van der Waals surface area contributed by atoms with Crippen LogP contribution in [0.25, 0.3) is 0 Å². The number of benzene rings is 2. The van der Waals surface area contributed by atoms with Crippen LogP contribution in [0.15, 0.2) is 89.2 Å². The van der Waals surface area contributed by atoms with Gasteiger partial charge in [-0.15, -0.1) is 0 Å². The van der Waals surface area contributed by atoms with E-state index in [1.165, 1.54) is 5.56 Å². The summed E-state index contributed by atoms with van der Waals surface area (Å²) in [5.41, 5.74) is 2.91. The van der Waals surface area contributed by atoms with E-state index in [2.05, 4.69) is 12.1 Å². The van der Waals surface area contributed by atoms with Crippen LogP contribution in [-0.4, -0.2) is 30.1 Å². The zero-order valence-corrected chi connectivity index (χ0v) is 21.1. The summed E-state index contributed by atoms with van der Waals surface area (Å²) in [6, 6.07) is 17.3. The molecular formula is C30H34O5. The van der Waals surface area contributed by atoms with Crippen LogP contribution in [0.4, 0.5) is 0 Å². The van der Waals surface area contributed by atoms with Gasteiger partial charge in [0.15, 0.2) is 5.78 Å². The summed E-state index contributed by atoms with van der Waals surface area (Å²) in [6.07, 6.45) is 4.21. The van der Waals surface area contributed by atoms with Crippen molar-refractivity contribution < 1.29 is 24.2 Å². The average molecular weight is 475 g/mol. The van der Waals surface area contributed by atoms with Crippen molar-refractivity contribution in [3.8, 4) is 5.75 Å². The molecule has 5 heteroatoms. The van der Waals surface area contributed by atoms with Crippen molar-refractivity contribution in [3.05, 3.63) is 100 Å². The van der Waals surface area contributed by atoms with Crippen LogP contribution in [0, 0.1) is 11.3 Å². The van der Waals surface area contributed by atoms with E-state index in [1.807, 2.05) is 52.0 Å². The number of carbonyl (C=O) groups excluding carboxylic acids is 1. The monoisotopic (exact) mass is 474 g/mol. The smallest absolute Gasteiger partial charge is 0.336 e. The van der Waals surface area contributed by atoms with Crippen molar-refractivity contribution in [3.63, 3.8) is 0 Å². The van der Waals surface area contributed by atoms with E-state index < -0.39 is 11.4 Å². The van der Waals surface area contributed by atoms with Crippen molar-refractivity contribution in [1.29, 1.82) is 0 Å². The molecule has 0 bridgehead atoms. The SMILES string of the molecule is CCOC1=C(C)C(C(=O)O)=C(C)C(C)(C)C1C=CC(=O)c1ccc(OCCc2ccccc2)cc1. The Hall–Kier alpha value is -3.60. The van der Waals surface area contributed by atoms with Crippen molar-refractivity contribution in [2.24, 2.45) is 11.3 Å². The van der Waals surface area contributed by atoms with Gasteiger partial charge in [-0.25, -0.2) is 4.79 Å². The van der Waals surface area contributed by atoms with Crippen LogP contribution in [0.1, 0.15) is 50.5 Å². The summed E-state index contributed by atoms with van der Waals surface area (Å²) in [6.45, 7) is 10.4. The standard InChI is InChI=1S/C30H34O5/c1-6-34-28-20(2)27(29(32)33)21(3)30(4,5)25(28)16-17-26(31)23-12-14-24(15-13-23)35-19-18-22-10-8-7-9-11-22/h7-17,25H,6,18-19H2,1-5H3,(H,32,33). The third kappa shape index (κ3) is 5.91. The van der Waals surface area contributed by atoms with E-state index in [4.69, 9.17) is 9.47 Å². The van der Waals surface area contributed by atoms with Crippen molar-refractivity contribution in [2.45, 2.75) is 41.0 Å². The lowest BCUT2D eigenvalue weighted by Crippen LogP contribution is -2.33. The van der Waals surface area contributed by atoms with E-state index in [0.29, 0.717) is 35.9 Å². The van der Waals surface area contributed by atoms with Gasteiger partial charge in [0.05, 0.1) is 18.8 Å². The number of ether oxygens (including phenoxy) is 2. The van der Waals surface area contributed by atoms with Crippen molar-refractivity contribution >= 4 is 11.8 Å². The number of hydrogen-bond donors (Lipinski definition) is 1. The summed E-state index contributed by atoms with van der Waals surface area (Å²) in [4.78, 5) is 24.8.